The molecule has 0 bridgehead atoms. The molecule has 4 rings (SSSR count). The highest BCUT2D eigenvalue weighted by Crippen LogP contribution is 2.35. The molecule has 4 aromatic carbocycles. The Kier molecular flexibility index (Phi) is 7.25. The van der Waals surface area contributed by atoms with Crippen LogP contribution in [0.25, 0.3) is 10.8 Å². The largest absolute Gasteiger partial charge is 0.487 e. The molecule has 0 fully saturated rings. The van der Waals surface area contributed by atoms with E-state index >= 15 is 0 Å². The molecule has 1 N–H and O–H groups in total. The van der Waals surface area contributed by atoms with Gasteiger partial charge in [0.1, 0.15) is 12.4 Å². The lowest BCUT2D eigenvalue weighted by atomic mass is 10.1. The number of amides is 1. The summed E-state index contributed by atoms with van der Waals surface area (Å²) >= 11 is 13.0. The second kappa shape index (κ2) is 10.3. The quantitative estimate of drug-likeness (QED) is 0.194. The van der Waals surface area contributed by atoms with Gasteiger partial charge >= 0.3 is 0 Å². The molecule has 0 radical (unpaired) electrons. The summed E-state index contributed by atoms with van der Waals surface area (Å²) in [4.78, 5) is 12.1. The number of carbonyl (C=O) groups excluding carboxylic acids is 1. The Morgan fingerprint density at radius 2 is 1.62 bits per heavy atom. The van der Waals surface area contributed by atoms with E-state index in [2.05, 4.69) is 72.7 Å². The van der Waals surface area contributed by atoms with Crippen LogP contribution in [0.3, 0.4) is 0 Å². The SMILES string of the molecule is O=C(N/N=C\c1cc(Br)c(OCc2ccc3ccccc3c2)c(Br)c1)c1ccc(Cl)cc1. The molecule has 0 heterocycles. The van der Waals surface area contributed by atoms with Gasteiger partial charge in [-0.1, -0.05) is 48.0 Å². The van der Waals surface area contributed by atoms with Crippen LogP contribution in [-0.2, 0) is 6.61 Å². The number of nitrogens with one attached hydrogen (secondary N) is 1. The van der Waals surface area contributed by atoms with Crippen LogP contribution < -0.4 is 10.2 Å². The van der Waals surface area contributed by atoms with Crippen molar-refractivity contribution in [2.24, 2.45) is 5.10 Å². The molecule has 0 saturated carbocycles. The molecule has 4 aromatic rings. The molecule has 0 saturated heterocycles. The maximum Gasteiger partial charge on any atom is 0.271 e. The highest BCUT2D eigenvalue weighted by molar-refractivity contribution is 9.11. The maximum atomic E-state index is 12.1. The molecular formula is C25H17Br2ClN2O2. The second-order valence-corrected chi connectivity index (χ2v) is 9.13. The second-order valence-electron chi connectivity index (χ2n) is 6.99. The van der Waals surface area contributed by atoms with Gasteiger partial charge in [-0.15, -0.1) is 0 Å². The van der Waals surface area contributed by atoms with Crippen molar-refractivity contribution >= 4 is 66.4 Å². The molecule has 0 aliphatic carbocycles. The third kappa shape index (κ3) is 5.57. The van der Waals surface area contributed by atoms with Gasteiger partial charge in [-0.3, -0.25) is 4.79 Å². The smallest absolute Gasteiger partial charge is 0.271 e. The van der Waals surface area contributed by atoms with E-state index in [0.717, 1.165) is 20.1 Å². The van der Waals surface area contributed by atoms with Crippen molar-refractivity contribution in [2.45, 2.75) is 6.61 Å². The fourth-order valence-corrected chi connectivity index (χ4v) is 4.68. The summed E-state index contributed by atoms with van der Waals surface area (Å²) < 4.78 is 7.60. The molecule has 7 heteroatoms. The Bertz CT molecular complexity index is 1280. The minimum absolute atomic E-state index is 0.314. The van der Waals surface area contributed by atoms with Gasteiger partial charge in [0.05, 0.1) is 15.2 Å². The summed E-state index contributed by atoms with van der Waals surface area (Å²) in [5, 5.41) is 6.99. The van der Waals surface area contributed by atoms with Crippen molar-refractivity contribution < 1.29 is 9.53 Å². The molecule has 32 heavy (non-hydrogen) atoms. The number of hydrogen-bond acceptors (Lipinski definition) is 3. The number of benzene rings is 4. The van der Waals surface area contributed by atoms with E-state index in [4.69, 9.17) is 16.3 Å². The zero-order valence-corrected chi connectivity index (χ0v) is 20.6. The number of rotatable bonds is 6. The molecule has 0 aliphatic rings. The van der Waals surface area contributed by atoms with Crippen molar-refractivity contribution in [1.29, 1.82) is 0 Å². The van der Waals surface area contributed by atoms with Crippen molar-refractivity contribution in [2.75, 3.05) is 0 Å². The van der Waals surface area contributed by atoms with E-state index in [1.807, 2.05) is 24.3 Å². The summed E-state index contributed by atoms with van der Waals surface area (Å²) in [5.74, 6) is 0.381. The highest BCUT2D eigenvalue weighted by atomic mass is 79.9. The molecule has 0 atom stereocenters. The van der Waals surface area contributed by atoms with Crippen LogP contribution >= 0.6 is 43.5 Å². The van der Waals surface area contributed by atoms with Crippen molar-refractivity contribution in [3.8, 4) is 5.75 Å². The predicted molar refractivity (Wildman–Crippen MR) is 137 cm³/mol. The maximum absolute atomic E-state index is 12.1. The van der Waals surface area contributed by atoms with E-state index in [1.54, 1.807) is 30.5 Å². The first-order chi connectivity index (χ1) is 15.5. The zero-order valence-electron chi connectivity index (χ0n) is 16.7. The third-order valence-corrected chi connectivity index (χ3v) is 6.13. The number of hydrazone groups is 1. The normalized spacial score (nSPS) is 11.1. The van der Waals surface area contributed by atoms with Gasteiger partial charge in [0, 0.05) is 10.6 Å². The Balaban J connectivity index is 1.41. The molecule has 1 amide bonds. The predicted octanol–water partition coefficient (Wildman–Crippen LogP) is 7.36. The van der Waals surface area contributed by atoms with Crippen LogP contribution in [0.2, 0.25) is 5.02 Å². The minimum Gasteiger partial charge on any atom is -0.487 e. The molecular weight excluding hydrogens is 556 g/mol. The molecule has 0 unspecified atom stereocenters. The molecule has 160 valence electrons. The van der Waals surface area contributed by atoms with Gasteiger partial charge in [0.25, 0.3) is 5.91 Å². The van der Waals surface area contributed by atoms with E-state index in [9.17, 15) is 4.79 Å². The van der Waals surface area contributed by atoms with Crippen LogP contribution in [0.4, 0.5) is 0 Å². The first-order valence-corrected chi connectivity index (χ1v) is 11.6. The first kappa shape index (κ1) is 22.5. The highest BCUT2D eigenvalue weighted by Gasteiger charge is 2.10. The standard InChI is InChI=1S/C25H17Br2ClN2O2/c26-22-12-17(14-29-30-25(31)19-7-9-21(28)10-8-19)13-23(27)24(22)32-15-16-5-6-18-3-1-2-4-20(18)11-16/h1-14H,15H2,(H,30,31)/b29-14-. The van der Waals surface area contributed by atoms with Crippen LogP contribution in [0.15, 0.2) is 92.9 Å². The number of hydrogen-bond donors (Lipinski definition) is 1. The van der Waals surface area contributed by atoms with Gasteiger partial charge < -0.3 is 4.74 Å². The Hall–Kier alpha value is -2.67. The molecule has 0 spiro atoms. The zero-order chi connectivity index (χ0) is 22.5. The van der Waals surface area contributed by atoms with Crippen LogP contribution in [-0.4, -0.2) is 12.1 Å². The topological polar surface area (TPSA) is 50.7 Å². The summed E-state index contributed by atoms with van der Waals surface area (Å²) in [6.45, 7) is 0.437. The number of carbonyl (C=O) groups is 1. The average Bonchev–Trinajstić information content (AvgIpc) is 2.79. The van der Waals surface area contributed by atoms with Crippen molar-refractivity contribution in [1.82, 2.24) is 5.43 Å². The Labute approximate surface area is 207 Å². The van der Waals surface area contributed by atoms with Crippen molar-refractivity contribution in [3.63, 3.8) is 0 Å². The monoisotopic (exact) mass is 570 g/mol. The van der Waals surface area contributed by atoms with Gasteiger partial charge in [0.2, 0.25) is 0 Å². The van der Waals surface area contributed by atoms with Gasteiger partial charge in [-0.25, -0.2) is 5.43 Å². The van der Waals surface area contributed by atoms with Crippen LogP contribution in [0.5, 0.6) is 5.75 Å². The summed E-state index contributed by atoms with van der Waals surface area (Å²) in [6, 6.07) is 24.9. The lowest BCUT2D eigenvalue weighted by Crippen LogP contribution is -2.17. The number of fused-ring (bicyclic) bond motifs is 1. The average molecular weight is 573 g/mol. The van der Waals surface area contributed by atoms with E-state index in [-0.39, 0.29) is 5.91 Å². The number of halogens is 3. The Morgan fingerprint density at radius 3 is 2.34 bits per heavy atom. The third-order valence-electron chi connectivity index (χ3n) is 4.70. The fourth-order valence-electron chi connectivity index (χ4n) is 3.11. The lowest BCUT2D eigenvalue weighted by molar-refractivity contribution is 0.0955. The van der Waals surface area contributed by atoms with E-state index in [1.165, 1.54) is 10.8 Å². The first-order valence-electron chi connectivity index (χ1n) is 9.68. The summed E-state index contributed by atoms with van der Waals surface area (Å²) in [6.07, 6.45) is 1.57. The molecule has 4 nitrogen and oxygen atoms in total. The molecule has 0 aliphatic heterocycles. The lowest BCUT2D eigenvalue weighted by Gasteiger charge is -2.12. The number of nitrogens with zero attached hydrogens (tertiary/aromatic N) is 1. The summed E-state index contributed by atoms with van der Waals surface area (Å²) in [7, 11) is 0. The fraction of sp³-hybridized carbons (Fsp3) is 0.0400. The minimum atomic E-state index is -0.314. The van der Waals surface area contributed by atoms with Crippen LogP contribution in [0, 0.1) is 0 Å². The van der Waals surface area contributed by atoms with Gasteiger partial charge in [-0.2, -0.15) is 5.10 Å². The number of ether oxygens (including phenoxy) is 1. The van der Waals surface area contributed by atoms with Crippen molar-refractivity contribution in [3.05, 3.63) is 110 Å². The van der Waals surface area contributed by atoms with Gasteiger partial charge in [0.15, 0.2) is 0 Å². The van der Waals surface area contributed by atoms with E-state index in [0.29, 0.717) is 22.9 Å². The van der Waals surface area contributed by atoms with E-state index < -0.39 is 0 Å². The van der Waals surface area contributed by atoms with Crippen LogP contribution in [0.1, 0.15) is 21.5 Å². The Morgan fingerprint density at radius 1 is 0.938 bits per heavy atom. The summed E-state index contributed by atoms with van der Waals surface area (Å²) in [5.41, 5.74) is 4.86. The molecule has 0 aromatic heterocycles. The van der Waals surface area contributed by atoms with Gasteiger partial charge in [-0.05, 0) is 96.2 Å².